The van der Waals surface area contributed by atoms with Crippen LogP contribution >= 0.6 is 0 Å². The van der Waals surface area contributed by atoms with Gasteiger partial charge in [0, 0.05) is 18.3 Å². The highest BCUT2D eigenvalue weighted by Crippen LogP contribution is 2.14. The smallest absolute Gasteiger partial charge is 0.0231 e. The Bertz CT molecular complexity index is 290. The molecular weight excluding hydrogens is 266 g/mol. The maximum Gasteiger partial charge on any atom is 0.0231 e. The van der Waals surface area contributed by atoms with E-state index >= 15 is 0 Å². The van der Waals surface area contributed by atoms with Crippen LogP contribution in [0.1, 0.15) is 116 Å². The molecule has 0 saturated carbocycles. The van der Waals surface area contributed by atoms with Crippen LogP contribution in [-0.4, -0.2) is 5.71 Å². The van der Waals surface area contributed by atoms with Crippen molar-refractivity contribution in [3.05, 3.63) is 12.3 Å². The molecule has 0 bridgehead atoms. The molecule has 0 aromatic rings. The van der Waals surface area contributed by atoms with E-state index in [2.05, 4.69) is 18.0 Å². The molecule has 0 N–H and O–H groups in total. The Morgan fingerprint density at radius 2 is 1.14 bits per heavy atom. The molecule has 1 nitrogen and oxygen atoms in total. The van der Waals surface area contributed by atoms with Crippen molar-refractivity contribution >= 4 is 5.71 Å². The molecule has 0 spiro atoms. The first-order chi connectivity index (χ1) is 10.9. The molecule has 0 radical (unpaired) electrons. The predicted molar refractivity (Wildman–Crippen MR) is 101 cm³/mol. The van der Waals surface area contributed by atoms with Crippen molar-refractivity contribution in [3.8, 4) is 0 Å². The van der Waals surface area contributed by atoms with E-state index in [0.717, 1.165) is 6.42 Å². The summed E-state index contributed by atoms with van der Waals surface area (Å²) in [7, 11) is 0. The van der Waals surface area contributed by atoms with Crippen molar-refractivity contribution in [1.29, 1.82) is 0 Å². The second kappa shape index (κ2) is 15.3. The van der Waals surface area contributed by atoms with Crippen molar-refractivity contribution in [3.63, 3.8) is 0 Å². The standard InChI is InChI=1S/C21H39N/c1-2-3-4-5-6-7-8-9-10-11-12-13-14-15-16-18-21-19-17-20-22-21/h17,20H,2-16,18-19H2,1H3. The highest BCUT2D eigenvalue weighted by molar-refractivity contribution is 5.87. The first-order valence-electron chi connectivity index (χ1n) is 10.1. The lowest BCUT2D eigenvalue weighted by molar-refractivity contribution is 0.533. The maximum absolute atomic E-state index is 4.38. The minimum atomic E-state index is 1.11. The normalized spacial score (nSPS) is 13.8. The molecular formula is C21H39N. The number of hydrogen-bond donors (Lipinski definition) is 0. The molecule has 0 amide bonds. The molecule has 128 valence electrons. The second-order valence-electron chi connectivity index (χ2n) is 6.98. The summed E-state index contributed by atoms with van der Waals surface area (Å²) in [5, 5.41) is 0. The fourth-order valence-electron chi connectivity index (χ4n) is 3.27. The third kappa shape index (κ3) is 12.0. The van der Waals surface area contributed by atoms with Gasteiger partial charge >= 0.3 is 0 Å². The lowest BCUT2D eigenvalue weighted by Crippen LogP contribution is -1.92. The summed E-state index contributed by atoms with van der Waals surface area (Å²) in [5.41, 5.74) is 1.40. The Morgan fingerprint density at radius 3 is 1.55 bits per heavy atom. The molecule has 22 heavy (non-hydrogen) atoms. The fourth-order valence-corrected chi connectivity index (χ4v) is 3.27. The maximum atomic E-state index is 4.38. The molecule has 0 aromatic heterocycles. The number of nitrogens with zero attached hydrogens (tertiary/aromatic N) is 1. The van der Waals surface area contributed by atoms with Gasteiger partial charge in [0.15, 0.2) is 0 Å². The summed E-state index contributed by atoms with van der Waals surface area (Å²) in [6.45, 7) is 2.29. The minimum absolute atomic E-state index is 1.11. The Kier molecular flexibility index (Phi) is 13.5. The Labute approximate surface area is 139 Å². The van der Waals surface area contributed by atoms with Gasteiger partial charge in [-0.25, -0.2) is 0 Å². The van der Waals surface area contributed by atoms with Gasteiger partial charge in [0.25, 0.3) is 0 Å². The van der Waals surface area contributed by atoms with E-state index in [4.69, 9.17) is 0 Å². The quantitative estimate of drug-likeness (QED) is 0.260. The lowest BCUT2D eigenvalue weighted by Gasteiger charge is -2.03. The van der Waals surface area contributed by atoms with Crippen LogP contribution in [0.15, 0.2) is 17.3 Å². The first kappa shape index (κ1) is 19.5. The van der Waals surface area contributed by atoms with Crippen LogP contribution in [-0.2, 0) is 0 Å². The van der Waals surface area contributed by atoms with Crippen molar-refractivity contribution in [2.45, 2.75) is 116 Å². The van der Waals surface area contributed by atoms with Crippen molar-refractivity contribution in [2.24, 2.45) is 4.99 Å². The fraction of sp³-hybridized carbons (Fsp3) is 0.857. The predicted octanol–water partition coefficient (Wildman–Crippen LogP) is 7.61. The third-order valence-electron chi connectivity index (χ3n) is 4.78. The van der Waals surface area contributed by atoms with Crippen molar-refractivity contribution in [2.75, 3.05) is 0 Å². The average molecular weight is 306 g/mol. The molecule has 0 aliphatic carbocycles. The highest BCUT2D eigenvalue weighted by atomic mass is 14.7. The van der Waals surface area contributed by atoms with Crippen LogP contribution in [0, 0.1) is 0 Å². The van der Waals surface area contributed by atoms with Gasteiger partial charge < -0.3 is 0 Å². The van der Waals surface area contributed by atoms with E-state index in [1.54, 1.807) is 0 Å². The van der Waals surface area contributed by atoms with E-state index in [1.165, 1.54) is 108 Å². The molecule has 0 aromatic carbocycles. The van der Waals surface area contributed by atoms with Crippen LogP contribution in [0.2, 0.25) is 0 Å². The summed E-state index contributed by atoms with van der Waals surface area (Å²) in [5.74, 6) is 0. The average Bonchev–Trinajstić information content (AvgIpc) is 3.04. The van der Waals surface area contributed by atoms with Gasteiger partial charge in [0.05, 0.1) is 0 Å². The summed E-state index contributed by atoms with van der Waals surface area (Å²) in [6, 6.07) is 0. The zero-order valence-corrected chi connectivity index (χ0v) is 15.1. The molecule has 0 unspecified atom stereocenters. The minimum Gasteiger partial charge on any atom is -0.266 e. The number of hydrogen-bond acceptors (Lipinski definition) is 1. The van der Waals surface area contributed by atoms with E-state index in [1.807, 2.05) is 6.20 Å². The summed E-state index contributed by atoms with van der Waals surface area (Å²) < 4.78 is 0. The SMILES string of the molecule is CCCCCCCCCCCCCCCCCC1=NC=CC1. The van der Waals surface area contributed by atoms with Gasteiger partial charge in [0.1, 0.15) is 0 Å². The molecule has 0 saturated heterocycles. The van der Waals surface area contributed by atoms with Crippen LogP contribution in [0.4, 0.5) is 0 Å². The molecule has 0 fully saturated rings. The van der Waals surface area contributed by atoms with Gasteiger partial charge in [-0.1, -0.05) is 103 Å². The first-order valence-corrected chi connectivity index (χ1v) is 10.1. The Balaban J connectivity index is 1.66. The lowest BCUT2D eigenvalue weighted by atomic mass is 10.0. The highest BCUT2D eigenvalue weighted by Gasteiger charge is 2.00. The summed E-state index contributed by atoms with van der Waals surface area (Å²) in [4.78, 5) is 4.38. The van der Waals surface area contributed by atoms with E-state index in [-0.39, 0.29) is 0 Å². The third-order valence-corrected chi connectivity index (χ3v) is 4.78. The largest absolute Gasteiger partial charge is 0.266 e. The number of aliphatic imine (C=N–C) groups is 1. The number of allylic oxidation sites excluding steroid dienone is 1. The van der Waals surface area contributed by atoms with Gasteiger partial charge in [-0.2, -0.15) is 0 Å². The van der Waals surface area contributed by atoms with Crippen LogP contribution in [0.5, 0.6) is 0 Å². The van der Waals surface area contributed by atoms with Crippen molar-refractivity contribution in [1.82, 2.24) is 0 Å². The summed E-state index contributed by atoms with van der Waals surface area (Å²) >= 11 is 0. The Hall–Kier alpha value is -0.590. The monoisotopic (exact) mass is 305 g/mol. The molecule has 0 atom stereocenters. The van der Waals surface area contributed by atoms with Gasteiger partial charge in [-0.05, 0) is 12.8 Å². The second-order valence-corrected chi connectivity index (χ2v) is 6.98. The van der Waals surface area contributed by atoms with Gasteiger partial charge in [-0.3, -0.25) is 4.99 Å². The molecule has 1 heteroatoms. The number of unbranched alkanes of at least 4 members (excludes halogenated alkanes) is 14. The van der Waals surface area contributed by atoms with E-state index < -0.39 is 0 Å². The molecule has 1 rings (SSSR count). The Morgan fingerprint density at radius 1 is 0.682 bits per heavy atom. The van der Waals surface area contributed by atoms with E-state index in [9.17, 15) is 0 Å². The molecule has 1 aliphatic rings. The van der Waals surface area contributed by atoms with Crippen molar-refractivity contribution < 1.29 is 0 Å². The van der Waals surface area contributed by atoms with Gasteiger partial charge in [0.2, 0.25) is 0 Å². The van der Waals surface area contributed by atoms with Gasteiger partial charge in [-0.15, -0.1) is 0 Å². The summed E-state index contributed by atoms with van der Waals surface area (Å²) in [6.07, 6.45) is 28.1. The van der Waals surface area contributed by atoms with Crippen LogP contribution < -0.4 is 0 Å². The molecule has 1 aliphatic heterocycles. The zero-order chi connectivity index (χ0) is 15.7. The molecule has 1 heterocycles. The van der Waals surface area contributed by atoms with Crippen LogP contribution in [0.25, 0.3) is 0 Å². The van der Waals surface area contributed by atoms with E-state index in [0.29, 0.717) is 0 Å². The zero-order valence-electron chi connectivity index (χ0n) is 15.1. The topological polar surface area (TPSA) is 12.4 Å². The van der Waals surface area contributed by atoms with Crippen LogP contribution in [0.3, 0.4) is 0 Å². The number of rotatable bonds is 16.